The largest absolute Gasteiger partial charge is 0.497 e. The van der Waals surface area contributed by atoms with Gasteiger partial charge < -0.3 is 19.3 Å². The summed E-state index contributed by atoms with van der Waals surface area (Å²) in [6.07, 6.45) is 7.86. The van der Waals surface area contributed by atoms with Gasteiger partial charge in [-0.3, -0.25) is 4.79 Å². The minimum atomic E-state index is -1.66. The second kappa shape index (κ2) is 11.6. The number of carboxylic acids is 1. The molecule has 6 heteroatoms. The summed E-state index contributed by atoms with van der Waals surface area (Å²) < 4.78 is 34.1. The highest BCUT2D eigenvalue weighted by molar-refractivity contribution is 5.80. The summed E-state index contributed by atoms with van der Waals surface area (Å²) in [5.41, 5.74) is 2.05. The van der Waals surface area contributed by atoms with Crippen LogP contribution in [0.4, 0.5) is 4.39 Å². The maximum absolute atomic E-state index is 17.4. The van der Waals surface area contributed by atoms with Gasteiger partial charge in [0.05, 0.1) is 20.1 Å². The Morgan fingerprint density at radius 3 is 2.53 bits per heavy atom. The molecule has 2 aliphatic carbocycles. The van der Waals surface area contributed by atoms with Crippen LogP contribution in [0.1, 0.15) is 56.6 Å². The van der Waals surface area contributed by atoms with Gasteiger partial charge in [-0.15, -0.1) is 0 Å². The summed E-state index contributed by atoms with van der Waals surface area (Å²) >= 11 is 0. The van der Waals surface area contributed by atoms with Crippen molar-refractivity contribution in [1.82, 2.24) is 0 Å². The molecule has 1 N–H and O–H groups in total. The van der Waals surface area contributed by atoms with Crippen molar-refractivity contribution in [2.45, 2.75) is 51.1 Å². The molecular formula is C32H37FO5. The number of hydrogen-bond donors (Lipinski definition) is 1. The Hall–Kier alpha value is -3.38. The number of ether oxygens (including phenoxy) is 3. The van der Waals surface area contributed by atoms with E-state index in [9.17, 15) is 9.90 Å². The van der Waals surface area contributed by atoms with Crippen LogP contribution >= 0.6 is 0 Å². The van der Waals surface area contributed by atoms with Crippen LogP contribution in [0.15, 0.2) is 77.9 Å². The minimum Gasteiger partial charge on any atom is -0.497 e. The monoisotopic (exact) mass is 520 g/mol. The van der Waals surface area contributed by atoms with E-state index in [0.717, 1.165) is 35.1 Å². The lowest BCUT2D eigenvalue weighted by Crippen LogP contribution is -2.36. The molecule has 0 aliphatic heterocycles. The normalized spacial score (nSPS) is 21.2. The lowest BCUT2D eigenvalue weighted by atomic mass is 9.69. The van der Waals surface area contributed by atoms with Crippen LogP contribution in [-0.2, 0) is 9.53 Å². The smallest absolute Gasteiger partial charge is 0.304 e. The van der Waals surface area contributed by atoms with Crippen LogP contribution in [-0.4, -0.2) is 44.2 Å². The van der Waals surface area contributed by atoms with Crippen LogP contribution in [0.5, 0.6) is 11.5 Å². The number of halogens is 1. The van der Waals surface area contributed by atoms with Gasteiger partial charge in [-0.2, -0.15) is 0 Å². The highest BCUT2D eigenvalue weighted by atomic mass is 19.1. The molecule has 2 atom stereocenters. The van der Waals surface area contributed by atoms with Crippen molar-refractivity contribution < 1.29 is 28.5 Å². The maximum atomic E-state index is 17.4. The molecule has 0 amide bonds. The Kier molecular flexibility index (Phi) is 8.41. The van der Waals surface area contributed by atoms with Crippen LogP contribution in [0, 0.1) is 5.41 Å². The quantitative estimate of drug-likeness (QED) is 0.319. The molecular weight excluding hydrogens is 483 g/mol. The molecule has 0 spiro atoms. The number of alkyl halides is 1. The van der Waals surface area contributed by atoms with E-state index in [1.165, 1.54) is 0 Å². The highest BCUT2D eigenvalue weighted by Gasteiger charge is 2.48. The number of allylic oxidation sites excluding steroid dienone is 5. The third-order valence-electron chi connectivity index (χ3n) is 7.58. The predicted octanol–water partition coefficient (Wildman–Crippen LogP) is 7.15. The Balaban J connectivity index is 1.60. The summed E-state index contributed by atoms with van der Waals surface area (Å²) in [4.78, 5) is 11.3. The van der Waals surface area contributed by atoms with E-state index in [-0.39, 0.29) is 30.8 Å². The molecule has 38 heavy (non-hydrogen) atoms. The highest BCUT2D eigenvalue weighted by Crippen LogP contribution is 2.54. The van der Waals surface area contributed by atoms with Crippen LogP contribution in [0.2, 0.25) is 0 Å². The van der Waals surface area contributed by atoms with Gasteiger partial charge in [0.25, 0.3) is 0 Å². The van der Waals surface area contributed by atoms with E-state index in [1.54, 1.807) is 14.2 Å². The Morgan fingerprint density at radius 2 is 1.84 bits per heavy atom. The zero-order valence-corrected chi connectivity index (χ0v) is 22.6. The summed E-state index contributed by atoms with van der Waals surface area (Å²) in [6, 6.07) is 15.0. The first-order chi connectivity index (χ1) is 18.2. The topological polar surface area (TPSA) is 65.0 Å². The standard InChI is InChI=1S/C32H37FO5/c1-31(2)15-7-12-29(31)32(33)19-22(13-14-28(32)24-9-6-10-26(17-24)37-4)20-38-27-11-5-8-23(16-27)25(21-36-3)18-30(34)35/h5-6,8-14,16-17,25H,7,15,18-21H2,1-4H3,(H,34,35)/t25-,32?/m1/s1. The molecule has 0 saturated carbocycles. The van der Waals surface area contributed by atoms with E-state index in [0.29, 0.717) is 23.7 Å². The third kappa shape index (κ3) is 6.02. The van der Waals surface area contributed by atoms with Crippen molar-refractivity contribution in [2.24, 2.45) is 5.41 Å². The number of carboxylic acid groups (broad SMARTS) is 1. The zero-order chi connectivity index (χ0) is 27.3. The average Bonchev–Trinajstić information content (AvgIpc) is 3.27. The molecule has 0 fully saturated rings. The van der Waals surface area contributed by atoms with E-state index in [2.05, 4.69) is 19.9 Å². The molecule has 5 nitrogen and oxygen atoms in total. The van der Waals surface area contributed by atoms with Gasteiger partial charge in [-0.25, -0.2) is 4.39 Å². The lowest BCUT2D eigenvalue weighted by molar-refractivity contribution is -0.137. The summed E-state index contributed by atoms with van der Waals surface area (Å²) in [5, 5.41) is 9.28. The zero-order valence-electron chi connectivity index (χ0n) is 22.6. The second-order valence-corrected chi connectivity index (χ2v) is 10.8. The van der Waals surface area contributed by atoms with Crippen molar-refractivity contribution in [3.8, 4) is 11.5 Å². The first kappa shape index (κ1) is 27.6. The number of benzene rings is 2. The van der Waals surface area contributed by atoms with Crippen molar-refractivity contribution >= 4 is 11.5 Å². The number of rotatable bonds is 11. The van der Waals surface area contributed by atoms with E-state index in [4.69, 9.17) is 14.2 Å². The number of aliphatic carboxylic acids is 1. The van der Waals surface area contributed by atoms with Crippen molar-refractivity contribution in [1.29, 1.82) is 0 Å². The SMILES string of the molecule is COC[C@@H](CC(=O)O)c1cccc(OCC2=CC=C(c3cccc(OC)c3)C(F)(C3=CCCC3(C)C)C2)c1. The van der Waals surface area contributed by atoms with Crippen molar-refractivity contribution in [3.05, 3.63) is 89.0 Å². The molecule has 0 radical (unpaired) electrons. The maximum Gasteiger partial charge on any atom is 0.304 e. The van der Waals surface area contributed by atoms with Crippen molar-refractivity contribution in [2.75, 3.05) is 27.4 Å². The molecule has 2 aliphatic rings. The second-order valence-electron chi connectivity index (χ2n) is 10.8. The van der Waals surface area contributed by atoms with Crippen LogP contribution in [0.3, 0.4) is 0 Å². The lowest BCUT2D eigenvalue weighted by Gasteiger charge is -2.39. The minimum absolute atomic E-state index is 0.0322. The van der Waals surface area contributed by atoms with Crippen LogP contribution in [0.25, 0.3) is 5.57 Å². The van der Waals surface area contributed by atoms with Crippen molar-refractivity contribution in [3.63, 3.8) is 0 Å². The molecule has 0 saturated heterocycles. The molecule has 4 rings (SSSR count). The molecule has 2 aromatic rings. The first-order valence-electron chi connectivity index (χ1n) is 13.0. The Morgan fingerprint density at radius 1 is 1.08 bits per heavy atom. The van der Waals surface area contributed by atoms with Gasteiger partial charge in [-0.1, -0.05) is 56.3 Å². The van der Waals surface area contributed by atoms with Gasteiger partial charge in [0.1, 0.15) is 18.1 Å². The van der Waals surface area contributed by atoms with E-state index in [1.807, 2.05) is 60.7 Å². The molecule has 1 unspecified atom stereocenters. The fraction of sp³-hybridized carbons (Fsp3) is 0.406. The fourth-order valence-electron chi connectivity index (χ4n) is 5.66. The Bertz CT molecular complexity index is 1260. The molecule has 202 valence electrons. The molecule has 0 bridgehead atoms. The summed E-state index contributed by atoms with van der Waals surface area (Å²) in [5.74, 6) is 0.145. The van der Waals surface area contributed by atoms with Gasteiger partial charge in [0.15, 0.2) is 5.67 Å². The van der Waals surface area contributed by atoms with Crippen LogP contribution < -0.4 is 9.47 Å². The number of carbonyl (C=O) groups is 1. The molecule has 0 heterocycles. The van der Waals surface area contributed by atoms with Gasteiger partial charge >= 0.3 is 5.97 Å². The summed E-state index contributed by atoms with van der Waals surface area (Å²) in [7, 11) is 3.17. The first-order valence-corrected chi connectivity index (χ1v) is 13.0. The molecule has 0 aromatic heterocycles. The number of hydrogen-bond acceptors (Lipinski definition) is 4. The number of methoxy groups -OCH3 is 2. The average molecular weight is 521 g/mol. The van der Waals surface area contributed by atoms with Gasteiger partial charge in [-0.05, 0) is 64.8 Å². The van der Waals surface area contributed by atoms with Gasteiger partial charge in [0.2, 0.25) is 0 Å². The van der Waals surface area contributed by atoms with E-state index >= 15 is 4.39 Å². The Labute approximate surface area is 224 Å². The summed E-state index contributed by atoms with van der Waals surface area (Å²) in [6.45, 7) is 4.76. The van der Waals surface area contributed by atoms with E-state index < -0.39 is 11.6 Å². The fourth-order valence-corrected chi connectivity index (χ4v) is 5.66. The van der Waals surface area contributed by atoms with Gasteiger partial charge in [0, 0.05) is 25.0 Å². The third-order valence-corrected chi connectivity index (χ3v) is 7.58. The molecule has 2 aromatic carbocycles. The predicted molar refractivity (Wildman–Crippen MR) is 147 cm³/mol.